The molecule has 0 radical (unpaired) electrons. The van der Waals surface area contributed by atoms with E-state index in [4.69, 9.17) is 14.3 Å². The number of amides is 5. The summed E-state index contributed by atoms with van der Waals surface area (Å²) >= 11 is 0. The molecule has 0 unspecified atom stereocenters. The van der Waals surface area contributed by atoms with E-state index in [0.29, 0.717) is 88.4 Å². The van der Waals surface area contributed by atoms with E-state index < -0.39 is 23.9 Å². The molecule has 0 bridgehead atoms. The molecule has 300 valence electrons. The largest absolute Gasteiger partial charge is 0.481 e. The number of ether oxygens (including phenoxy) is 1. The van der Waals surface area contributed by atoms with E-state index in [1.54, 1.807) is 27.8 Å². The molecule has 4 aliphatic rings. The smallest absolute Gasteiger partial charge is 0.419 e. The Morgan fingerprint density at radius 3 is 2.25 bits per heavy atom. The number of urea groups is 1. The summed E-state index contributed by atoms with van der Waals surface area (Å²) in [7, 11) is 1.64. The monoisotopic (exact) mass is 773 g/mol. The number of hydrogen-bond donors (Lipinski definition) is 2. The van der Waals surface area contributed by atoms with Gasteiger partial charge in [0.05, 0.1) is 11.9 Å². The lowest BCUT2D eigenvalue weighted by atomic mass is 9.99. The number of likely N-dealkylation sites (tertiary alicyclic amines) is 2. The minimum atomic E-state index is -1.11. The van der Waals surface area contributed by atoms with E-state index in [9.17, 15) is 28.8 Å². The van der Waals surface area contributed by atoms with Crippen LogP contribution in [0.5, 0.6) is 0 Å². The number of hydrogen-bond acceptors (Lipinski definition) is 9. The van der Waals surface area contributed by atoms with Gasteiger partial charge in [-0.2, -0.15) is 0 Å². The minimum Gasteiger partial charge on any atom is -0.481 e. The lowest BCUT2D eigenvalue weighted by molar-refractivity contribution is -0.143. The second kappa shape index (κ2) is 16.8. The van der Waals surface area contributed by atoms with Gasteiger partial charge in [-0.15, -0.1) is 0 Å². The fraction of sp³-hybridized carbons (Fsp3) is 0.550. The van der Waals surface area contributed by atoms with E-state index in [1.807, 2.05) is 42.2 Å². The van der Waals surface area contributed by atoms with Gasteiger partial charge in [-0.3, -0.25) is 23.9 Å². The Bertz CT molecular complexity index is 2020. The van der Waals surface area contributed by atoms with Gasteiger partial charge in [-0.25, -0.2) is 14.4 Å². The first kappa shape index (κ1) is 38.9. The molecule has 3 fully saturated rings. The van der Waals surface area contributed by atoms with Crippen LogP contribution in [0.25, 0.3) is 11.1 Å². The fourth-order valence-corrected chi connectivity index (χ4v) is 8.75. The molecule has 16 nitrogen and oxygen atoms in total. The first-order chi connectivity index (χ1) is 26.9. The van der Waals surface area contributed by atoms with Crippen molar-refractivity contribution >= 4 is 46.7 Å². The highest BCUT2D eigenvalue weighted by Crippen LogP contribution is 2.27. The van der Waals surface area contributed by atoms with Gasteiger partial charge in [-0.1, -0.05) is 24.3 Å². The third kappa shape index (κ3) is 8.54. The molecular formula is C40H51N7O9. The number of para-hydroxylation sites is 1. The molecule has 3 saturated heterocycles. The third-order valence-electron chi connectivity index (χ3n) is 11.9. The summed E-state index contributed by atoms with van der Waals surface area (Å²) in [6.07, 6.45) is 1.59. The van der Waals surface area contributed by atoms with Crippen LogP contribution in [-0.4, -0.2) is 141 Å². The molecule has 16 heteroatoms. The number of carbonyl (C=O) groups is 5. The van der Waals surface area contributed by atoms with Crippen molar-refractivity contribution in [1.82, 2.24) is 29.1 Å². The predicted octanol–water partition coefficient (Wildman–Crippen LogP) is 3.04. The number of aliphatic carboxylic acids is 1. The van der Waals surface area contributed by atoms with Crippen molar-refractivity contribution in [3.8, 4) is 0 Å². The van der Waals surface area contributed by atoms with Crippen molar-refractivity contribution < 1.29 is 38.2 Å². The average molecular weight is 774 g/mol. The van der Waals surface area contributed by atoms with Crippen molar-refractivity contribution in [2.45, 2.75) is 76.5 Å². The van der Waals surface area contributed by atoms with Crippen molar-refractivity contribution in [2.75, 3.05) is 64.2 Å². The zero-order valence-corrected chi connectivity index (χ0v) is 32.1. The molecule has 3 aromatic rings. The number of rotatable bonds is 9. The number of fused-ring (bicyclic) bond motifs is 2. The summed E-state index contributed by atoms with van der Waals surface area (Å²) in [4.78, 5) is 86.1. The summed E-state index contributed by atoms with van der Waals surface area (Å²) in [5.74, 6) is -1.90. The summed E-state index contributed by atoms with van der Waals surface area (Å²) in [6.45, 7) is 6.62. The molecule has 0 spiro atoms. The SMILES string of the molecule is Cc1cc(C[C@@H](OC(=O)N2CCC(N3CCc4ccccc4NC3=O)CC2)C(=O)N2CCC(N3CCN(C(=O)CCC(=O)O)CC3)CC2)cc2oc(=O)n(C)c12. The second-order valence-electron chi connectivity index (χ2n) is 15.4. The molecule has 2 N–H and O–H groups in total. The number of benzene rings is 2. The molecule has 5 heterocycles. The quantitative estimate of drug-likeness (QED) is 0.329. The second-order valence-corrected chi connectivity index (χ2v) is 15.4. The fourth-order valence-electron chi connectivity index (χ4n) is 8.75. The van der Waals surface area contributed by atoms with Crippen LogP contribution in [0, 0.1) is 6.92 Å². The van der Waals surface area contributed by atoms with Crippen molar-refractivity contribution in [1.29, 1.82) is 0 Å². The Morgan fingerprint density at radius 2 is 1.54 bits per heavy atom. The van der Waals surface area contributed by atoms with Crippen molar-refractivity contribution in [2.24, 2.45) is 7.05 Å². The maximum Gasteiger partial charge on any atom is 0.419 e. The number of nitrogens with zero attached hydrogens (tertiary/aromatic N) is 6. The molecule has 7 rings (SSSR count). The molecule has 0 aliphatic carbocycles. The summed E-state index contributed by atoms with van der Waals surface area (Å²) in [6, 6.07) is 11.5. The number of carboxylic acid groups (broad SMARTS) is 1. The average Bonchev–Trinajstić information content (AvgIpc) is 3.38. The van der Waals surface area contributed by atoms with E-state index in [1.165, 1.54) is 4.57 Å². The van der Waals surface area contributed by atoms with Crippen LogP contribution in [0.15, 0.2) is 45.6 Å². The van der Waals surface area contributed by atoms with Gasteiger partial charge in [0, 0.05) is 96.6 Å². The van der Waals surface area contributed by atoms with Gasteiger partial charge in [0.1, 0.15) is 0 Å². The maximum absolute atomic E-state index is 14.3. The number of oxazole rings is 1. The Kier molecular flexibility index (Phi) is 11.6. The van der Waals surface area contributed by atoms with Gasteiger partial charge < -0.3 is 39.2 Å². The number of carboxylic acids is 1. The van der Waals surface area contributed by atoms with E-state index >= 15 is 0 Å². The van der Waals surface area contributed by atoms with E-state index in [-0.39, 0.29) is 49.2 Å². The van der Waals surface area contributed by atoms with Gasteiger partial charge in [0.15, 0.2) is 11.7 Å². The van der Waals surface area contributed by atoms with Crippen LogP contribution in [0.3, 0.4) is 0 Å². The molecule has 2 aromatic carbocycles. The van der Waals surface area contributed by atoms with Crippen LogP contribution in [0.2, 0.25) is 0 Å². The van der Waals surface area contributed by atoms with Gasteiger partial charge >= 0.3 is 23.8 Å². The molecule has 1 aromatic heterocycles. The Labute approximate surface area is 324 Å². The number of nitrogens with one attached hydrogen (secondary N) is 1. The summed E-state index contributed by atoms with van der Waals surface area (Å²) < 4.78 is 13.0. The van der Waals surface area contributed by atoms with Crippen LogP contribution in [0.1, 0.15) is 55.2 Å². The number of piperidine rings is 2. The van der Waals surface area contributed by atoms with Gasteiger partial charge in [0.25, 0.3) is 5.91 Å². The molecule has 4 aliphatic heterocycles. The Morgan fingerprint density at radius 1 is 0.857 bits per heavy atom. The Hall–Kier alpha value is -5.38. The highest BCUT2D eigenvalue weighted by atomic mass is 16.6. The zero-order chi connectivity index (χ0) is 39.5. The lowest BCUT2D eigenvalue weighted by Gasteiger charge is -2.43. The highest BCUT2D eigenvalue weighted by molar-refractivity contribution is 5.91. The number of carbonyl (C=O) groups excluding carboxylic acids is 4. The lowest BCUT2D eigenvalue weighted by Crippen LogP contribution is -2.56. The van der Waals surface area contributed by atoms with Crippen LogP contribution in [-0.2, 0) is 39.0 Å². The summed E-state index contributed by atoms with van der Waals surface area (Å²) in [5.41, 5.74) is 4.49. The van der Waals surface area contributed by atoms with Crippen molar-refractivity contribution in [3.05, 3.63) is 63.6 Å². The zero-order valence-electron chi connectivity index (χ0n) is 32.1. The highest BCUT2D eigenvalue weighted by Gasteiger charge is 2.37. The van der Waals surface area contributed by atoms with Gasteiger partial charge in [-0.05, 0) is 67.9 Å². The standard InChI is InChI=1S/C40H51N7O9/c1-26-23-27(24-32-36(26)42(2)39(53)55-32)25-33(37(51)45-14-10-29(11-15-45)43-19-21-44(22-20-43)34(48)7-8-35(49)50)56-40(54)46-16-12-30(13-17-46)47-18-9-28-5-3-4-6-31(28)41-38(47)52/h3-6,23-24,29-30,33H,7-22,25H2,1-2H3,(H,41,52)(H,49,50)/t33-/m1/s1. The number of aryl methyl sites for hydroxylation is 2. The van der Waals surface area contributed by atoms with Gasteiger partial charge in [0.2, 0.25) is 5.91 Å². The first-order valence-electron chi connectivity index (χ1n) is 19.7. The first-order valence-corrected chi connectivity index (χ1v) is 19.7. The number of anilines is 1. The molecule has 1 atom stereocenters. The third-order valence-corrected chi connectivity index (χ3v) is 11.9. The predicted molar refractivity (Wildman–Crippen MR) is 205 cm³/mol. The van der Waals surface area contributed by atoms with Crippen LogP contribution in [0.4, 0.5) is 15.3 Å². The topological polar surface area (TPSA) is 178 Å². The van der Waals surface area contributed by atoms with E-state index in [2.05, 4.69) is 10.2 Å². The summed E-state index contributed by atoms with van der Waals surface area (Å²) in [5, 5.41) is 12.0. The van der Waals surface area contributed by atoms with Crippen molar-refractivity contribution in [3.63, 3.8) is 0 Å². The number of aromatic nitrogens is 1. The van der Waals surface area contributed by atoms with Crippen LogP contribution < -0.4 is 11.1 Å². The Balaban J connectivity index is 0.983. The minimum absolute atomic E-state index is 0.0000509. The normalized spacial score (nSPS) is 19.4. The molecule has 0 saturated carbocycles. The maximum atomic E-state index is 14.3. The molecular weight excluding hydrogens is 722 g/mol. The number of piperazine rings is 1. The van der Waals surface area contributed by atoms with Crippen LogP contribution >= 0.6 is 0 Å². The molecule has 56 heavy (non-hydrogen) atoms. The van der Waals surface area contributed by atoms with E-state index in [0.717, 1.165) is 36.1 Å². The molecule has 5 amide bonds.